The molecular weight excluding hydrogens is 314 g/mol. The molecule has 0 aliphatic carbocycles. The molecule has 0 N–H and O–H groups in total. The molecule has 1 aromatic heterocycles. The second kappa shape index (κ2) is 8.13. The van der Waals surface area contributed by atoms with Crippen molar-refractivity contribution in [2.75, 3.05) is 45.9 Å². The van der Waals surface area contributed by atoms with Crippen LogP contribution in [0.1, 0.15) is 18.7 Å². The Hall–Kier alpha value is -1.69. The Kier molecular flexibility index (Phi) is 5.45. The van der Waals surface area contributed by atoms with Crippen LogP contribution in [-0.2, 0) is 11.3 Å². The highest BCUT2D eigenvalue weighted by atomic mass is 16.5. The summed E-state index contributed by atoms with van der Waals surface area (Å²) in [6.07, 6.45) is 4.38. The average Bonchev–Trinajstić information content (AvgIpc) is 3.14. The van der Waals surface area contributed by atoms with Crippen LogP contribution in [0.15, 0.2) is 40.9 Å². The summed E-state index contributed by atoms with van der Waals surface area (Å²) in [6, 6.07) is 10.2. The Morgan fingerprint density at radius 3 is 2.48 bits per heavy atom. The zero-order valence-corrected chi connectivity index (χ0v) is 14.8. The van der Waals surface area contributed by atoms with Crippen LogP contribution >= 0.6 is 0 Å². The second-order valence-electron chi connectivity index (χ2n) is 7.12. The molecule has 2 fully saturated rings. The van der Waals surface area contributed by atoms with E-state index >= 15 is 0 Å². The molecule has 2 aliphatic rings. The van der Waals surface area contributed by atoms with Gasteiger partial charge in [-0.2, -0.15) is 0 Å². The lowest BCUT2D eigenvalue weighted by Crippen LogP contribution is -2.42. The Balaban J connectivity index is 1.25. The van der Waals surface area contributed by atoms with Crippen molar-refractivity contribution >= 4 is 0 Å². The molecule has 1 aromatic carbocycles. The average molecular weight is 341 g/mol. The van der Waals surface area contributed by atoms with E-state index in [1.807, 2.05) is 24.4 Å². The molecule has 134 valence electrons. The molecule has 4 rings (SSSR count). The zero-order valence-electron chi connectivity index (χ0n) is 14.8. The number of oxazole rings is 1. The van der Waals surface area contributed by atoms with Gasteiger partial charge < -0.3 is 9.15 Å². The van der Waals surface area contributed by atoms with Crippen molar-refractivity contribution in [1.29, 1.82) is 0 Å². The van der Waals surface area contributed by atoms with Gasteiger partial charge in [0.05, 0.1) is 26.0 Å². The van der Waals surface area contributed by atoms with Crippen molar-refractivity contribution in [3.05, 3.63) is 42.4 Å². The van der Waals surface area contributed by atoms with E-state index in [4.69, 9.17) is 9.15 Å². The summed E-state index contributed by atoms with van der Waals surface area (Å²) in [6.45, 7) is 8.30. The summed E-state index contributed by atoms with van der Waals surface area (Å²) in [5.41, 5.74) is 1.09. The number of aromatic nitrogens is 1. The lowest BCUT2D eigenvalue weighted by Gasteiger charge is -2.35. The van der Waals surface area contributed by atoms with E-state index in [0.717, 1.165) is 69.1 Å². The number of piperidine rings is 1. The van der Waals surface area contributed by atoms with Crippen molar-refractivity contribution < 1.29 is 9.15 Å². The molecule has 0 radical (unpaired) electrons. The Labute approximate surface area is 149 Å². The van der Waals surface area contributed by atoms with Crippen molar-refractivity contribution in [3.8, 4) is 11.3 Å². The van der Waals surface area contributed by atoms with Gasteiger partial charge in [0.1, 0.15) is 0 Å². The second-order valence-corrected chi connectivity index (χ2v) is 7.12. The molecule has 3 heterocycles. The first-order chi connectivity index (χ1) is 12.4. The fourth-order valence-corrected chi connectivity index (χ4v) is 3.79. The molecular formula is C20H27N3O2. The van der Waals surface area contributed by atoms with Gasteiger partial charge in [-0.15, -0.1) is 0 Å². The molecule has 0 spiro atoms. The van der Waals surface area contributed by atoms with Crippen LogP contribution in [0.5, 0.6) is 0 Å². The van der Waals surface area contributed by atoms with Gasteiger partial charge in [-0.05, 0) is 31.8 Å². The first kappa shape index (κ1) is 16.8. The Morgan fingerprint density at radius 1 is 0.960 bits per heavy atom. The zero-order chi connectivity index (χ0) is 16.9. The van der Waals surface area contributed by atoms with Crippen LogP contribution in [0.2, 0.25) is 0 Å². The largest absolute Gasteiger partial charge is 0.439 e. The van der Waals surface area contributed by atoms with Crippen LogP contribution in [0.3, 0.4) is 0 Å². The van der Waals surface area contributed by atoms with E-state index in [1.54, 1.807) is 0 Å². The van der Waals surface area contributed by atoms with Crippen LogP contribution in [0.25, 0.3) is 11.3 Å². The van der Waals surface area contributed by atoms with Gasteiger partial charge in [0.15, 0.2) is 5.76 Å². The normalized spacial score (nSPS) is 20.8. The first-order valence-electron chi connectivity index (χ1n) is 9.39. The van der Waals surface area contributed by atoms with E-state index in [-0.39, 0.29) is 0 Å². The minimum Gasteiger partial charge on any atom is -0.439 e. The first-order valence-corrected chi connectivity index (χ1v) is 9.39. The summed E-state index contributed by atoms with van der Waals surface area (Å²) in [5, 5.41) is 0. The standard InChI is InChI=1S/C20H27N3O2/c1-2-4-18(5-3-1)19-14-21-20(25-19)16-22-8-6-17(7-9-22)15-23-10-12-24-13-11-23/h1-5,14,17H,6-13,15-16H2. The van der Waals surface area contributed by atoms with Gasteiger partial charge in [-0.25, -0.2) is 4.98 Å². The van der Waals surface area contributed by atoms with Crippen molar-refractivity contribution in [1.82, 2.24) is 14.8 Å². The van der Waals surface area contributed by atoms with Gasteiger partial charge in [0.2, 0.25) is 5.89 Å². The smallest absolute Gasteiger partial charge is 0.209 e. The molecule has 5 heteroatoms. The molecule has 2 aliphatic heterocycles. The van der Waals surface area contributed by atoms with Gasteiger partial charge in [-0.3, -0.25) is 9.80 Å². The summed E-state index contributed by atoms with van der Waals surface area (Å²) in [5.74, 6) is 2.50. The molecule has 0 atom stereocenters. The van der Waals surface area contributed by atoms with Gasteiger partial charge >= 0.3 is 0 Å². The summed E-state index contributed by atoms with van der Waals surface area (Å²) < 4.78 is 11.4. The monoisotopic (exact) mass is 341 g/mol. The van der Waals surface area contributed by atoms with E-state index in [1.165, 1.54) is 19.4 Å². The van der Waals surface area contributed by atoms with Gasteiger partial charge in [0.25, 0.3) is 0 Å². The molecule has 2 aromatic rings. The molecule has 0 bridgehead atoms. The van der Waals surface area contributed by atoms with E-state index < -0.39 is 0 Å². The van der Waals surface area contributed by atoms with Gasteiger partial charge in [0, 0.05) is 25.2 Å². The highest BCUT2D eigenvalue weighted by molar-refractivity contribution is 5.55. The SMILES string of the molecule is c1ccc(-c2cnc(CN3CCC(CN4CCOCC4)CC3)o2)cc1. The van der Waals surface area contributed by atoms with E-state index in [0.29, 0.717) is 0 Å². The van der Waals surface area contributed by atoms with Crippen LogP contribution < -0.4 is 0 Å². The number of benzene rings is 1. The summed E-state index contributed by atoms with van der Waals surface area (Å²) in [4.78, 5) is 9.50. The van der Waals surface area contributed by atoms with Crippen molar-refractivity contribution in [2.45, 2.75) is 19.4 Å². The number of ether oxygens (including phenoxy) is 1. The van der Waals surface area contributed by atoms with E-state index in [2.05, 4.69) is 26.9 Å². The maximum atomic E-state index is 5.95. The number of nitrogens with zero attached hydrogens (tertiary/aromatic N) is 3. The Bertz CT molecular complexity index is 644. The predicted molar refractivity (Wildman–Crippen MR) is 97.2 cm³/mol. The third-order valence-electron chi connectivity index (χ3n) is 5.30. The lowest BCUT2D eigenvalue weighted by molar-refractivity contribution is 0.0238. The maximum Gasteiger partial charge on any atom is 0.209 e. The summed E-state index contributed by atoms with van der Waals surface area (Å²) >= 11 is 0. The van der Waals surface area contributed by atoms with Crippen LogP contribution in [0, 0.1) is 5.92 Å². The number of likely N-dealkylation sites (tertiary alicyclic amines) is 1. The fourth-order valence-electron chi connectivity index (χ4n) is 3.79. The topological polar surface area (TPSA) is 41.7 Å². The van der Waals surface area contributed by atoms with Crippen LogP contribution in [0.4, 0.5) is 0 Å². The third-order valence-corrected chi connectivity index (χ3v) is 5.30. The maximum absolute atomic E-state index is 5.95. The van der Waals surface area contributed by atoms with Crippen LogP contribution in [-0.4, -0.2) is 60.7 Å². The highest BCUT2D eigenvalue weighted by Gasteiger charge is 2.23. The molecule has 5 nitrogen and oxygen atoms in total. The molecule has 0 amide bonds. The molecule has 0 saturated carbocycles. The minimum absolute atomic E-state index is 0.817. The minimum atomic E-state index is 0.817. The highest BCUT2D eigenvalue weighted by Crippen LogP contribution is 2.23. The predicted octanol–water partition coefficient (Wildman–Crippen LogP) is 2.89. The van der Waals surface area contributed by atoms with Gasteiger partial charge in [-0.1, -0.05) is 30.3 Å². The van der Waals surface area contributed by atoms with E-state index in [9.17, 15) is 0 Å². The number of rotatable bonds is 5. The molecule has 0 unspecified atom stereocenters. The number of morpholine rings is 1. The number of hydrogen-bond donors (Lipinski definition) is 0. The summed E-state index contributed by atoms with van der Waals surface area (Å²) in [7, 11) is 0. The molecule has 25 heavy (non-hydrogen) atoms. The third kappa shape index (κ3) is 4.48. The van der Waals surface area contributed by atoms with Crippen molar-refractivity contribution in [3.63, 3.8) is 0 Å². The Morgan fingerprint density at radius 2 is 1.72 bits per heavy atom. The quantitative estimate of drug-likeness (QED) is 0.836. The lowest BCUT2D eigenvalue weighted by atomic mass is 9.96. The number of hydrogen-bond acceptors (Lipinski definition) is 5. The fraction of sp³-hybridized carbons (Fsp3) is 0.550. The van der Waals surface area contributed by atoms with Crippen molar-refractivity contribution in [2.24, 2.45) is 5.92 Å². The molecule has 2 saturated heterocycles.